The first kappa shape index (κ1) is 8.07. The van der Waals surface area contributed by atoms with Gasteiger partial charge in [0.1, 0.15) is 0 Å². The lowest BCUT2D eigenvalue weighted by molar-refractivity contribution is 1.40. The average molecular weight is 168 g/mol. The van der Waals surface area contributed by atoms with E-state index in [-0.39, 0.29) is 5.96 Å². The fourth-order valence-corrected chi connectivity index (χ4v) is 1.53. The molecule has 4 heteroatoms. The van der Waals surface area contributed by atoms with Gasteiger partial charge >= 0.3 is 0 Å². The van der Waals surface area contributed by atoms with Gasteiger partial charge in [0.15, 0.2) is 5.96 Å². The Kier molecular flexibility index (Phi) is 2.48. The monoisotopic (exact) mass is 168 g/mol. The van der Waals surface area contributed by atoms with Gasteiger partial charge in [-0.3, -0.25) is 5.41 Å². The van der Waals surface area contributed by atoms with E-state index in [1.165, 1.54) is 0 Å². The third-order valence-electron chi connectivity index (χ3n) is 1.23. The summed E-state index contributed by atoms with van der Waals surface area (Å²) in [4.78, 5) is 1.11. The van der Waals surface area contributed by atoms with E-state index in [1.54, 1.807) is 11.3 Å². The zero-order chi connectivity index (χ0) is 8.27. The van der Waals surface area contributed by atoms with Gasteiger partial charge in [-0.1, -0.05) is 6.92 Å². The molecule has 0 spiro atoms. The lowest BCUT2D eigenvalue weighted by Crippen LogP contribution is -2.20. The molecular weight excluding hydrogens is 158 g/mol. The van der Waals surface area contributed by atoms with Crippen molar-refractivity contribution >= 4 is 23.0 Å². The van der Waals surface area contributed by atoms with Gasteiger partial charge in [-0.25, -0.2) is 0 Å². The molecular formula is C7H10N3S. The minimum Gasteiger partial charge on any atom is -0.370 e. The van der Waals surface area contributed by atoms with Gasteiger partial charge in [0.05, 0.1) is 5.69 Å². The highest BCUT2D eigenvalue weighted by Gasteiger charge is 2.01. The van der Waals surface area contributed by atoms with Crippen molar-refractivity contribution in [3.63, 3.8) is 0 Å². The molecule has 1 heterocycles. The van der Waals surface area contributed by atoms with Crippen molar-refractivity contribution < 1.29 is 0 Å². The van der Waals surface area contributed by atoms with Crippen LogP contribution >= 0.6 is 11.3 Å². The molecule has 59 valence electrons. The highest BCUT2D eigenvalue weighted by Crippen LogP contribution is 2.22. The lowest BCUT2D eigenvalue weighted by atomic mass is 10.3. The summed E-state index contributed by atoms with van der Waals surface area (Å²) in [6.45, 7) is 1.96. The molecule has 0 saturated heterocycles. The van der Waals surface area contributed by atoms with Gasteiger partial charge in [0, 0.05) is 4.88 Å². The van der Waals surface area contributed by atoms with E-state index < -0.39 is 0 Å². The van der Waals surface area contributed by atoms with Crippen LogP contribution in [0.2, 0.25) is 0 Å². The summed E-state index contributed by atoms with van der Waals surface area (Å²) >= 11 is 1.62. The van der Waals surface area contributed by atoms with Crippen molar-refractivity contribution in [2.24, 2.45) is 5.73 Å². The molecule has 11 heavy (non-hydrogen) atoms. The van der Waals surface area contributed by atoms with Gasteiger partial charge in [-0.05, 0) is 17.9 Å². The van der Waals surface area contributed by atoms with Crippen LogP contribution in [0, 0.1) is 11.8 Å². The van der Waals surface area contributed by atoms with E-state index in [1.807, 2.05) is 24.8 Å². The Morgan fingerprint density at radius 2 is 2.55 bits per heavy atom. The normalized spacial score (nSPS) is 9.55. The predicted molar refractivity (Wildman–Crippen MR) is 48.9 cm³/mol. The molecule has 1 aromatic rings. The minimum atomic E-state index is -0.0218. The van der Waals surface area contributed by atoms with Gasteiger partial charge in [-0.15, -0.1) is 11.3 Å². The van der Waals surface area contributed by atoms with Crippen molar-refractivity contribution in [3.05, 3.63) is 22.7 Å². The van der Waals surface area contributed by atoms with Crippen LogP contribution in [-0.4, -0.2) is 5.96 Å². The standard InChI is InChI=1S/C7H10N3S/c1-2-6-5(3-4-11-6)10-7(8)9/h2-4H,1H3,(H4,8,9,10). The fourth-order valence-electron chi connectivity index (χ4n) is 0.793. The second-order valence-electron chi connectivity index (χ2n) is 2.03. The first-order chi connectivity index (χ1) is 5.24. The summed E-state index contributed by atoms with van der Waals surface area (Å²) in [5.41, 5.74) is 6.08. The number of anilines is 1. The molecule has 0 amide bonds. The van der Waals surface area contributed by atoms with Crippen LogP contribution in [0.25, 0.3) is 0 Å². The lowest BCUT2D eigenvalue weighted by Gasteiger charge is -2.01. The fraction of sp³-hybridized carbons (Fsp3) is 0.143. The quantitative estimate of drug-likeness (QED) is 0.464. The molecule has 3 nitrogen and oxygen atoms in total. The molecule has 0 aromatic carbocycles. The second-order valence-corrected chi connectivity index (χ2v) is 2.97. The number of nitrogens with two attached hydrogens (primary N) is 1. The van der Waals surface area contributed by atoms with Crippen molar-refractivity contribution in [1.82, 2.24) is 0 Å². The van der Waals surface area contributed by atoms with Crippen molar-refractivity contribution in [2.45, 2.75) is 6.92 Å². The van der Waals surface area contributed by atoms with E-state index in [0.29, 0.717) is 0 Å². The Bertz CT molecular complexity index is 254. The van der Waals surface area contributed by atoms with Crippen molar-refractivity contribution in [3.8, 4) is 0 Å². The van der Waals surface area contributed by atoms with Crippen LogP contribution in [0.4, 0.5) is 5.69 Å². The van der Waals surface area contributed by atoms with Crippen LogP contribution in [-0.2, 0) is 0 Å². The van der Waals surface area contributed by atoms with Crippen LogP contribution in [0.15, 0.2) is 11.4 Å². The molecule has 1 rings (SSSR count). The SMILES string of the molecule is C[CH]c1sccc1NC(=N)N. The topological polar surface area (TPSA) is 61.9 Å². The number of guanidine groups is 1. The molecule has 0 atom stereocenters. The first-order valence-corrected chi connectivity index (χ1v) is 4.10. The summed E-state index contributed by atoms with van der Waals surface area (Å²) in [6.07, 6.45) is 1.98. The molecule has 0 aliphatic rings. The molecule has 0 saturated carbocycles. The third-order valence-corrected chi connectivity index (χ3v) is 2.21. The number of nitrogens with one attached hydrogen (secondary N) is 2. The number of hydrogen-bond donors (Lipinski definition) is 3. The summed E-state index contributed by atoms with van der Waals surface area (Å²) < 4.78 is 0. The summed E-state index contributed by atoms with van der Waals surface area (Å²) in [5, 5.41) is 11.7. The number of hydrogen-bond acceptors (Lipinski definition) is 2. The maximum Gasteiger partial charge on any atom is 0.190 e. The van der Waals surface area contributed by atoms with Crippen LogP contribution < -0.4 is 11.1 Å². The van der Waals surface area contributed by atoms with Gasteiger partial charge < -0.3 is 11.1 Å². The molecule has 0 aliphatic heterocycles. The molecule has 1 aromatic heterocycles. The Labute approximate surface area is 69.7 Å². The van der Waals surface area contributed by atoms with Crippen molar-refractivity contribution in [2.75, 3.05) is 5.32 Å². The second kappa shape index (κ2) is 3.39. The Hall–Kier alpha value is -1.03. The minimum absolute atomic E-state index is 0.0218. The van der Waals surface area contributed by atoms with E-state index in [9.17, 15) is 0 Å². The Balaban J connectivity index is 2.76. The number of thiophene rings is 1. The Morgan fingerprint density at radius 1 is 1.82 bits per heavy atom. The smallest absolute Gasteiger partial charge is 0.190 e. The summed E-state index contributed by atoms with van der Waals surface area (Å²) in [7, 11) is 0. The van der Waals surface area contributed by atoms with Crippen LogP contribution in [0.1, 0.15) is 11.8 Å². The average Bonchev–Trinajstić information content (AvgIpc) is 2.34. The predicted octanol–water partition coefficient (Wildman–Crippen LogP) is 1.63. The maximum atomic E-state index is 7.00. The van der Waals surface area contributed by atoms with Gasteiger partial charge in [-0.2, -0.15) is 0 Å². The largest absolute Gasteiger partial charge is 0.370 e. The van der Waals surface area contributed by atoms with Crippen molar-refractivity contribution in [1.29, 1.82) is 5.41 Å². The maximum absolute atomic E-state index is 7.00. The zero-order valence-corrected chi connectivity index (χ0v) is 7.03. The molecule has 1 radical (unpaired) electrons. The van der Waals surface area contributed by atoms with E-state index in [0.717, 1.165) is 10.6 Å². The van der Waals surface area contributed by atoms with E-state index in [4.69, 9.17) is 11.1 Å². The van der Waals surface area contributed by atoms with E-state index in [2.05, 4.69) is 5.32 Å². The molecule has 0 bridgehead atoms. The third kappa shape index (κ3) is 1.94. The summed E-state index contributed by atoms with van der Waals surface area (Å²) in [6, 6.07) is 1.90. The molecule has 0 unspecified atom stereocenters. The van der Waals surface area contributed by atoms with Gasteiger partial charge in [0.25, 0.3) is 0 Å². The highest BCUT2D eigenvalue weighted by molar-refractivity contribution is 7.10. The zero-order valence-electron chi connectivity index (χ0n) is 6.22. The molecule has 0 fully saturated rings. The highest BCUT2D eigenvalue weighted by atomic mass is 32.1. The van der Waals surface area contributed by atoms with Gasteiger partial charge in [0.2, 0.25) is 0 Å². The summed E-state index contributed by atoms with van der Waals surface area (Å²) in [5.74, 6) is -0.0218. The van der Waals surface area contributed by atoms with E-state index >= 15 is 0 Å². The van der Waals surface area contributed by atoms with Crippen LogP contribution in [0.3, 0.4) is 0 Å². The first-order valence-electron chi connectivity index (χ1n) is 3.22. The number of rotatable bonds is 2. The molecule has 0 aliphatic carbocycles. The van der Waals surface area contributed by atoms with Crippen LogP contribution in [0.5, 0.6) is 0 Å². The Morgan fingerprint density at radius 3 is 3.09 bits per heavy atom. The molecule has 4 N–H and O–H groups in total.